The Morgan fingerprint density at radius 1 is 1.17 bits per heavy atom. The van der Waals surface area contributed by atoms with Gasteiger partial charge in [0.05, 0.1) is 6.61 Å². The standard InChI is InChI=1S/C12H24N2O4/c1-4-9(5-2)14(7-8-15)12(18)13-10(6-3)11(16)17/h9-10,15H,4-8H2,1-3H3,(H,13,18)(H,16,17)/t10-/m0/s1. The maximum absolute atomic E-state index is 12.0. The number of amides is 2. The van der Waals surface area contributed by atoms with Crippen molar-refractivity contribution < 1.29 is 19.8 Å². The highest BCUT2D eigenvalue weighted by Gasteiger charge is 2.24. The molecule has 0 fully saturated rings. The fourth-order valence-corrected chi connectivity index (χ4v) is 1.86. The molecule has 0 saturated carbocycles. The fourth-order valence-electron chi connectivity index (χ4n) is 1.86. The molecule has 0 aromatic carbocycles. The summed E-state index contributed by atoms with van der Waals surface area (Å²) in [6.45, 7) is 5.70. The second-order valence-electron chi connectivity index (χ2n) is 4.14. The molecule has 0 rings (SSSR count). The predicted molar refractivity (Wildman–Crippen MR) is 68.4 cm³/mol. The highest BCUT2D eigenvalue weighted by Crippen LogP contribution is 2.09. The van der Waals surface area contributed by atoms with Crippen LogP contribution in [0.15, 0.2) is 0 Å². The van der Waals surface area contributed by atoms with Crippen LogP contribution in [-0.4, -0.2) is 52.3 Å². The van der Waals surface area contributed by atoms with Gasteiger partial charge >= 0.3 is 12.0 Å². The zero-order valence-electron chi connectivity index (χ0n) is 11.3. The third-order valence-corrected chi connectivity index (χ3v) is 2.99. The fraction of sp³-hybridized carbons (Fsp3) is 0.833. The number of urea groups is 1. The van der Waals surface area contributed by atoms with Crippen molar-refractivity contribution in [1.82, 2.24) is 10.2 Å². The molecule has 1 atom stereocenters. The second kappa shape index (κ2) is 8.74. The van der Waals surface area contributed by atoms with Crippen LogP contribution in [-0.2, 0) is 4.79 Å². The van der Waals surface area contributed by atoms with Gasteiger partial charge in [0.15, 0.2) is 0 Å². The molecular formula is C12H24N2O4. The number of carbonyl (C=O) groups is 2. The van der Waals surface area contributed by atoms with Crippen LogP contribution in [0, 0.1) is 0 Å². The lowest BCUT2D eigenvalue weighted by molar-refractivity contribution is -0.139. The molecule has 106 valence electrons. The van der Waals surface area contributed by atoms with E-state index in [1.165, 1.54) is 4.90 Å². The van der Waals surface area contributed by atoms with Crippen LogP contribution < -0.4 is 5.32 Å². The Labute approximate surface area is 108 Å². The molecule has 18 heavy (non-hydrogen) atoms. The van der Waals surface area contributed by atoms with Gasteiger partial charge in [-0.3, -0.25) is 0 Å². The smallest absolute Gasteiger partial charge is 0.326 e. The number of aliphatic carboxylic acids is 1. The molecule has 0 saturated heterocycles. The highest BCUT2D eigenvalue weighted by molar-refractivity contribution is 5.82. The van der Waals surface area contributed by atoms with Crippen molar-refractivity contribution >= 4 is 12.0 Å². The molecule has 0 aliphatic carbocycles. The van der Waals surface area contributed by atoms with Gasteiger partial charge in [0, 0.05) is 12.6 Å². The van der Waals surface area contributed by atoms with Crippen molar-refractivity contribution in [2.45, 2.75) is 52.1 Å². The summed E-state index contributed by atoms with van der Waals surface area (Å²) >= 11 is 0. The average molecular weight is 260 g/mol. The summed E-state index contributed by atoms with van der Waals surface area (Å²) in [5.74, 6) is -1.04. The van der Waals surface area contributed by atoms with Crippen molar-refractivity contribution in [3.63, 3.8) is 0 Å². The number of nitrogens with one attached hydrogen (secondary N) is 1. The van der Waals surface area contributed by atoms with E-state index in [2.05, 4.69) is 5.32 Å². The zero-order valence-corrected chi connectivity index (χ0v) is 11.3. The topological polar surface area (TPSA) is 89.9 Å². The van der Waals surface area contributed by atoms with Crippen LogP contribution in [0.3, 0.4) is 0 Å². The van der Waals surface area contributed by atoms with E-state index in [0.717, 1.165) is 12.8 Å². The Morgan fingerprint density at radius 3 is 2.06 bits per heavy atom. The number of nitrogens with zero attached hydrogens (tertiary/aromatic N) is 1. The summed E-state index contributed by atoms with van der Waals surface area (Å²) in [6.07, 6.45) is 1.87. The number of rotatable bonds is 8. The minimum Gasteiger partial charge on any atom is -0.480 e. The van der Waals surface area contributed by atoms with Crippen LogP contribution in [0.5, 0.6) is 0 Å². The molecule has 0 aromatic rings. The third-order valence-electron chi connectivity index (χ3n) is 2.99. The van der Waals surface area contributed by atoms with E-state index in [9.17, 15) is 9.59 Å². The van der Waals surface area contributed by atoms with Crippen molar-refractivity contribution in [2.24, 2.45) is 0 Å². The molecule has 0 aromatic heterocycles. The summed E-state index contributed by atoms with van der Waals surface area (Å²) in [4.78, 5) is 24.4. The number of aliphatic hydroxyl groups excluding tert-OH is 1. The molecule has 3 N–H and O–H groups in total. The SMILES string of the molecule is CCC(CC)N(CCO)C(=O)N[C@@H](CC)C(=O)O. The quantitative estimate of drug-likeness (QED) is 0.608. The molecule has 0 bridgehead atoms. The van der Waals surface area contributed by atoms with Crippen LogP contribution in [0.25, 0.3) is 0 Å². The Kier molecular flexibility index (Phi) is 8.11. The lowest BCUT2D eigenvalue weighted by atomic mass is 10.1. The summed E-state index contributed by atoms with van der Waals surface area (Å²) in [5, 5.41) is 20.4. The van der Waals surface area contributed by atoms with Crippen molar-refractivity contribution in [3.8, 4) is 0 Å². The number of carbonyl (C=O) groups excluding carboxylic acids is 1. The van der Waals surface area contributed by atoms with Crippen molar-refractivity contribution in [2.75, 3.05) is 13.2 Å². The van der Waals surface area contributed by atoms with E-state index >= 15 is 0 Å². The van der Waals surface area contributed by atoms with Gasteiger partial charge in [0.25, 0.3) is 0 Å². The van der Waals surface area contributed by atoms with Crippen molar-refractivity contribution in [3.05, 3.63) is 0 Å². The van der Waals surface area contributed by atoms with E-state index < -0.39 is 18.0 Å². The largest absolute Gasteiger partial charge is 0.480 e. The Balaban J connectivity index is 4.69. The lowest BCUT2D eigenvalue weighted by Crippen LogP contribution is -2.51. The van der Waals surface area contributed by atoms with Crippen molar-refractivity contribution in [1.29, 1.82) is 0 Å². The first kappa shape index (κ1) is 16.7. The van der Waals surface area contributed by atoms with Crippen LogP contribution in [0.2, 0.25) is 0 Å². The summed E-state index contributed by atoms with van der Waals surface area (Å²) < 4.78 is 0. The van der Waals surface area contributed by atoms with Crippen LogP contribution >= 0.6 is 0 Å². The van der Waals surface area contributed by atoms with E-state index in [1.54, 1.807) is 6.92 Å². The monoisotopic (exact) mass is 260 g/mol. The minimum atomic E-state index is -1.04. The number of hydrogen-bond acceptors (Lipinski definition) is 3. The number of aliphatic hydroxyl groups is 1. The molecule has 0 radical (unpaired) electrons. The minimum absolute atomic E-state index is 0.0171. The molecule has 0 aliphatic heterocycles. The normalized spacial score (nSPS) is 12.3. The van der Waals surface area contributed by atoms with Gasteiger partial charge in [-0.05, 0) is 19.3 Å². The maximum Gasteiger partial charge on any atom is 0.326 e. The molecule has 0 unspecified atom stereocenters. The first-order chi connectivity index (χ1) is 8.51. The zero-order chi connectivity index (χ0) is 14.1. The first-order valence-corrected chi connectivity index (χ1v) is 6.42. The third kappa shape index (κ3) is 4.91. The van der Waals surface area contributed by atoms with Gasteiger partial charge in [-0.1, -0.05) is 20.8 Å². The summed E-state index contributed by atoms with van der Waals surface area (Å²) in [6, 6.07) is -1.29. The Morgan fingerprint density at radius 2 is 1.72 bits per heavy atom. The maximum atomic E-state index is 12.0. The van der Waals surface area contributed by atoms with E-state index in [-0.39, 0.29) is 19.2 Å². The second-order valence-corrected chi connectivity index (χ2v) is 4.14. The van der Waals surface area contributed by atoms with Gasteiger partial charge < -0.3 is 20.4 Å². The van der Waals surface area contributed by atoms with Gasteiger partial charge in [0.2, 0.25) is 0 Å². The molecule has 2 amide bonds. The van der Waals surface area contributed by atoms with E-state index in [1.807, 2.05) is 13.8 Å². The Hall–Kier alpha value is -1.30. The van der Waals surface area contributed by atoms with Gasteiger partial charge in [0.1, 0.15) is 6.04 Å². The molecule has 6 heteroatoms. The molecule has 0 heterocycles. The lowest BCUT2D eigenvalue weighted by Gasteiger charge is -2.31. The molecular weight excluding hydrogens is 236 g/mol. The summed E-state index contributed by atoms with van der Waals surface area (Å²) in [5.41, 5.74) is 0. The first-order valence-electron chi connectivity index (χ1n) is 6.42. The van der Waals surface area contributed by atoms with Gasteiger partial charge in [-0.25, -0.2) is 9.59 Å². The average Bonchev–Trinajstić information content (AvgIpc) is 2.35. The van der Waals surface area contributed by atoms with Crippen LogP contribution in [0.4, 0.5) is 4.79 Å². The molecule has 0 aliphatic rings. The number of carboxylic acid groups (broad SMARTS) is 1. The number of hydrogen-bond donors (Lipinski definition) is 3. The Bertz CT molecular complexity index is 267. The van der Waals surface area contributed by atoms with Gasteiger partial charge in [-0.15, -0.1) is 0 Å². The predicted octanol–water partition coefficient (Wildman–Crippen LogP) is 1.04. The number of carboxylic acids is 1. The summed E-state index contributed by atoms with van der Waals surface area (Å²) in [7, 11) is 0. The van der Waals surface area contributed by atoms with Crippen LogP contribution in [0.1, 0.15) is 40.0 Å². The molecule has 0 spiro atoms. The molecule has 6 nitrogen and oxygen atoms in total. The highest BCUT2D eigenvalue weighted by atomic mass is 16.4. The van der Waals surface area contributed by atoms with E-state index in [0.29, 0.717) is 6.42 Å². The van der Waals surface area contributed by atoms with E-state index in [4.69, 9.17) is 10.2 Å². The van der Waals surface area contributed by atoms with Gasteiger partial charge in [-0.2, -0.15) is 0 Å².